The van der Waals surface area contributed by atoms with E-state index in [-0.39, 0.29) is 11.4 Å². The van der Waals surface area contributed by atoms with E-state index in [0.717, 1.165) is 19.4 Å². The Kier molecular flexibility index (Phi) is 6.05. The third kappa shape index (κ3) is 4.86. The van der Waals surface area contributed by atoms with E-state index in [1.54, 1.807) is 18.7 Å². The summed E-state index contributed by atoms with van der Waals surface area (Å²) in [7, 11) is 0. The fourth-order valence-corrected chi connectivity index (χ4v) is 2.45. The molecule has 0 radical (unpaired) electrons. The molecule has 0 amide bonds. The third-order valence-electron chi connectivity index (χ3n) is 2.19. The fourth-order valence-electron chi connectivity index (χ4n) is 1.37. The molecular weight excluding hydrogens is 214 g/mol. The van der Waals surface area contributed by atoms with Crippen molar-refractivity contribution in [3.8, 4) is 0 Å². The maximum absolute atomic E-state index is 11.2. The summed E-state index contributed by atoms with van der Waals surface area (Å²) in [4.78, 5) is 11.2. The summed E-state index contributed by atoms with van der Waals surface area (Å²) in [5.74, 6) is 0.254. The number of nitrogens with two attached hydrogens (primary N) is 1. The van der Waals surface area contributed by atoms with Gasteiger partial charge in [0.15, 0.2) is 0 Å². The van der Waals surface area contributed by atoms with Gasteiger partial charge in [-0.3, -0.25) is 4.79 Å². The molecule has 0 aromatic carbocycles. The second-order valence-electron chi connectivity index (χ2n) is 3.49. The van der Waals surface area contributed by atoms with Crippen molar-refractivity contribution in [3.63, 3.8) is 0 Å². The zero-order chi connectivity index (χ0) is 11.1. The van der Waals surface area contributed by atoms with Gasteiger partial charge in [-0.15, -0.1) is 11.8 Å². The van der Waals surface area contributed by atoms with Crippen LogP contribution in [0.3, 0.4) is 0 Å². The summed E-state index contributed by atoms with van der Waals surface area (Å²) in [6.45, 7) is 2.99. The third-order valence-corrected chi connectivity index (χ3v) is 3.48. The molecule has 1 fully saturated rings. The Morgan fingerprint density at radius 3 is 3.07 bits per heavy atom. The van der Waals surface area contributed by atoms with Crippen LogP contribution in [0.25, 0.3) is 0 Å². The first kappa shape index (κ1) is 12.8. The van der Waals surface area contributed by atoms with Crippen LogP contribution in [0.5, 0.6) is 0 Å². The highest BCUT2D eigenvalue weighted by molar-refractivity contribution is 7.99. The van der Waals surface area contributed by atoms with Crippen LogP contribution in [-0.2, 0) is 14.3 Å². The predicted octanol–water partition coefficient (Wildman–Crippen LogP) is 1.14. The van der Waals surface area contributed by atoms with E-state index in [1.165, 1.54) is 6.42 Å². The van der Waals surface area contributed by atoms with Crippen LogP contribution in [0.2, 0.25) is 0 Å². The van der Waals surface area contributed by atoms with Gasteiger partial charge < -0.3 is 15.2 Å². The average molecular weight is 233 g/mol. The zero-order valence-corrected chi connectivity index (χ0v) is 9.92. The highest BCUT2D eigenvalue weighted by atomic mass is 32.2. The second kappa shape index (κ2) is 7.09. The Hall–Kier alpha value is -0.260. The van der Waals surface area contributed by atoms with Gasteiger partial charge in [0.05, 0.1) is 6.61 Å². The molecule has 0 saturated carbocycles. The van der Waals surface area contributed by atoms with Crippen molar-refractivity contribution in [1.29, 1.82) is 0 Å². The SMILES string of the molecule is CCOC(=O)[C@@H](N)CS[C@H]1CCCCO1. The first-order valence-electron chi connectivity index (χ1n) is 5.39. The zero-order valence-electron chi connectivity index (χ0n) is 9.11. The first-order chi connectivity index (χ1) is 7.24. The van der Waals surface area contributed by atoms with Gasteiger partial charge in [-0.25, -0.2) is 0 Å². The molecule has 1 aliphatic rings. The topological polar surface area (TPSA) is 61.5 Å². The first-order valence-corrected chi connectivity index (χ1v) is 6.44. The minimum Gasteiger partial charge on any atom is -0.465 e. The number of thioether (sulfide) groups is 1. The quantitative estimate of drug-likeness (QED) is 0.721. The number of hydrogen-bond acceptors (Lipinski definition) is 5. The molecule has 4 nitrogen and oxygen atoms in total. The minimum absolute atomic E-state index is 0.208. The van der Waals surface area contributed by atoms with Crippen molar-refractivity contribution < 1.29 is 14.3 Å². The van der Waals surface area contributed by atoms with Gasteiger partial charge in [0.2, 0.25) is 0 Å². The molecule has 1 aliphatic heterocycles. The second-order valence-corrected chi connectivity index (χ2v) is 4.68. The smallest absolute Gasteiger partial charge is 0.323 e. The van der Waals surface area contributed by atoms with E-state index in [0.29, 0.717) is 12.4 Å². The number of ether oxygens (including phenoxy) is 2. The van der Waals surface area contributed by atoms with Gasteiger partial charge >= 0.3 is 5.97 Å². The van der Waals surface area contributed by atoms with Crippen LogP contribution in [0.15, 0.2) is 0 Å². The number of carbonyl (C=O) groups is 1. The number of esters is 1. The lowest BCUT2D eigenvalue weighted by Crippen LogP contribution is -2.35. The van der Waals surface area contributed by atoms with E-state index in [4.69, 9.17) is 15.2 Å². The molecule has 0 aliphatic carbocycles. The Morgan fingerprint density at radius 1 is 1.67 bits per heavy atom. The average Bonchev–Trinajstić information content (AvgIpc) is 2.27. The van der Waals surface area contributed by atoms with Crippen molar-refractivity contribution >= 4 is 17.7 Å². The van der Waals surface area contributed by atoms with Gasteiger partial charge in [0.1, 0.15) is 11.5 Å². The van der Waals surface area contributed by atoms with E-state index >= 15 is 0 Å². The maximum Gasteiger partial charge on any atom is 0.323 e. The fraction of sp³-hybridized carbons (Fsp3) is 0.900. The minimum atomic E-state index is -0.527. The monoisotopic (exact) mass is 233 g/mol. The van der Waals surface area contributed by atoms with Crippen molar-refractivity contribution in [2.45, 2.75) is 37.7 Å². The molecule has 0 aromatic heterocycles. The summed E-state index contributed by atoms with van der Waals surface area (Å²) in [6.07, 6.45) is 3.40. The lowest BCUT2D eigenvalue weighted by atomic mass is 10.2. The molecule has 0 unspecified atom stereocenters. The number of rotatable bonds is 5. The molecule has 0 aromatic rings. The van der Waals surface area contributed by atoms with Gasteiger partial charge in [0.25, 0.3) is 0 Å². The van der Waals surface area contributed by atoms with Crippen LogP contribution in [0.4, 0.5) is 0 Å². The number of carbonyl (C=O) groups excluding carboxylic acids is 1. The molecule has 88 valence electrons. The molecule has 1 saturated heterocycles. The summed E-state index contributed by atoms with van der Waals surface area (Å²) >= 11 is 1.61. The Morgan fingerprint density at radius 2 is 2.47 bits per heavy atom. The summed E-state index contributed by atoms with van der Waals surface area (Å²) in [5.41, 5.74) is 5.88. The van der Waals surface area contributed by atoms with Gasteiger partial charge in [0, 0.05) is 12.4 Å². The molecule has 2 atom stereocenters. The normalized spacial score (nSPS) is 23.5. The summed E-state index contributed by atoms with van der Waals surface area (Å²) < 4.78 is 10.3. The molecule has 15 heavy (non-hydrogen) atoms. The molecule has 2 N–H and O–H groups in total. The van der Waals surface area contributed by atoms with Crippen LogP contribution in [-0.4, -0.2) is 36.4 Å². The molecule has 1 heterocycles. The molecule has 0 spiro atoms. The standard InChI is InChI=1S/C10H19NO3S/c1-2-13-10(12)8(11)7-15-9-5-3-4-6-14-9/h8-9H,2-7,11H2,1H3/t8-,9-/m0/s1. The van der Waals surface area contributed by atoms with Crippen LogP contribution in [0.1, 0.15) is 26.2 Å². The van der Waals surface area contributed by atoms with Crippen LogP contribution >= 0.6 is 11.8 Å². The lowest BCUT2D eigenvalue weighted by Gasteiger charge is -2.22. The van der Waals surface area contributed by atoms with Gasteiger partial charge in [-0.1, -0.05) is 0 Å². The van der Waals surface area contributed by atoms with Gasteiger partial charge in [-0.2, -0.15) is 0 Å². The highest BCUT2D eigenvalue weighted by Crippen LogP contribution is 2.23. The van der Waals surface area contributed by atoms with Crippen molar-refractivity contribution in [2.75, 3.05) is 19.0 Å². The van der Waals surface area contributed by atoms with Gasteiger partial charge in [-0.05, 0) is 26.2 Å². The van der Waals surface area contributed by atoms with E-state index in [9.17, 15) is 4.79 Å². The van der Waals surface area contributed by atoms with E-state index in [2.05, 4.69) is 0 Å². The Bertz CT molecular complexity index is 195. The predicted molar refractivity (Wildman–Crippen MR) is 60.7 cm³/mol. The highest BCUT2D eigenvalue weighted by Gasteiger charge is 2.19. The largest absolute Gasteiger partial charge is 0.465 e. The Labute approximate surface area is 94.9 Å². The number of hydrogen-bond donors (Lipinski definition) is 1. The molecule has 0 bridgehead atoms. The van der Waals surface area contributed by atoms with Crippen LogP contribution in [0, 0.1) is 0 Å². The Balaban J connectivity index is 2.14. The molecule has 1 rings (SSSR count). The van der Waals surface area contributed by atoms with Crippen molar-refractivity contribution in [1.82, 2.24) is 0 Å². The van der Waals surface area contributed by atoms with Crippen LogP contribution < -0.4 is 5.73 Å². The van der Waals surface area contributed by atoms with Crippen molar-refractivity contribution in [3.05, 3.63) is 0 Å². The van der Waals surface area contributed by atoms with E-state index < -0.39 is 6.04 Å². The maximum atomic E-state index is 11.2. The lowest BCUT2D eigenvalue weighted by molar-refractivity contribution is -0.144. The summed E-state index contributed by atoms with van der Waals surface area (Å²) in [5, 5.41) is 0. The summed E-state index contributed by atoms with van der Waals surface area (Å²) in [6, 6.07) is -0.527. The molecule has 5 heteroatoms. The van der Waals surface area contributed by atoms with E-state index in [1.807, 2.05) is 0 Å². The molecular formula is C10H19NO3S. The van der Waals surface area contributed by atoms with Crippen molar-refractivity contribution in [2.24, 2.45) is 5.73 Å².